The average Bonchev–Trinajstić information content (AvgIpc) is 2.77. The van der Waals surface area contributed by atoms with Gasteiger partial charge in [-0.25, -0.2) is 8.42 Å². The molecule has 8 nitrogen and oxygen atoms in total. The number of alkyl halides is 3. The maximum atomic E-state index is 13.2. The van der Waals surface area contributed by atoms with E-state index in [4.69, 9.17) is 22.7 Å². The number of piperazine rings is 1. The monoisotopic (exact) mass is 503 g/mol. The third-order valence-corrected chi connectivity index (χ3v) is 6.98. The SMILES string of the molecule is NC(=S)N1CCN(S(=O)(=O)c2ccc(OC(F)(F)F)cc2)[C@@H](C(=O)OCc2ccccc2)C1. The molecule has 178 valence electrons. The maximum Gasteiger partial charge on any atom is 0.573 e. The topological polar surface area (TPSA) is 102 Å². The molecule has 33 heavy (non-hydrogen) atoms. The molecule has 0 unspecified atom stereocenters. The van der Waals surface area contributed by atoms with Crippen LogP contribution in [0.1, 0.15) is 5.56 Å². The molecule has 0 saturated carbocycles. The molecule has 1 aliphatic rings. The predicted molar refractivity (Wildman–Crippen MR) is 115 cm³/mol. The molecule has 1 heterocycles. The number of sulfonamides is 1. The average molecular weight is 504 g/mol. The number of ether oxygens (including phenoxy) is 2. The summed E-state index contributed by atoms with van der Waals surface area (Å²) < 4.78 is 73.6. The van der Waals surface area contributed by atoms with Crippen LogP contribution in [0.5, 0.6) is 5.75 Å². The highest BCUT2D eigenvalue weighted by Gasteiger charge is 2.41. The molecular weight excluding hydrogens is 483 g/mol. The van der Waals surface area contributed by atoms with Gasteiger partial charge in [-0.15, -0.1) is 13.2 Å². The van der Waals surface area contributed by atoms with Crippen LogP contribution in [0.2, 0.25) is 0 Å². The molecule has 0 amide bonds. The van der Waals surface area contributed by atoms with Gasteiger partial charge in [-0.2, -0.15) is 4.31 Å². The lowest BCUT2D eigenvalue weighted by molar-refractivity contribution is -0.274. The fourth-order valence-corrected chi connectivity index (χ4v) is 4.95. The van der Waals surface area contributed by atoms with Crippen molar-refractivity contribution in [2.24, 2.45) is 5.73 Å². The molecule has 0 radical (unpaired) electrons. The van der Waals surface area contributed by atoms with Crippen molar-refractivity contribution in [1.82, 2.24) is 9.21 Å². The summed E-state index contributed by atoms with van der Waals surface area (Å²) in [5.41, 5.74) is 6.37. The highest BCUT2D eigenvalue weighted by atomic mass is 32.2. The fraction of sp³-hybridized carbons (Fsp3) is 0.300. The lowest BCUT2D eigenvalue weighted by Crippen LogP contribution is -2.60. The van der Waals surface area contributed by atoms with Gasteiger partial charge in [0.1, 0.15) is 18.4 Å². The first-order valence-corrected chi connectivity index (χ1v) is 11.4. The van der Waals surface area contributed by atoms with Gasteiger partial charge in [-0.3, -0.25) is 4.79 Å². The predicted octanol–water partition coefficient (Wildman–Crippen LogP) is 2.25. The Hall–Kier alpha value is -2.90. The van der Waals surface area contributed by atoms with Crippen molar-refractivity contribution in [3.8, 4) is 5.75 Å². The number of halogens is 3. The first-order chi connectivity index (χ1) is 15.5. The summed E-state index contributed by atoms with van der Waals surface area (Å²) in [5, 5.41) is 0.00144. The van der Waals surface area contributed by atoms with Crippen LogP contribution in [0.15, 0.2) is 59.5 Å². The summed E-state index contributed by atoms with van der Waals surface area (Å²) in [5.74, 6) is -1.38. The normalized spacial score (nSPS) is 17.4. The minimum Gasteiger partial charge on any atom is -0.460 e. The first-order valence-electron chi connectivity index (χ1n) is 9.60. The highest BCUT2D eigenvalue weighted by molar-refractivity contribution is 7.89. The lowest BCUT2D eigenvalue weighted by atomic mass is 10.2. The lowest BCUT2D eigenvalue weighted by Gasteiger charge is -2.39. The van der Waals surface area contributed by atoms with Gasteiger partial charge < -0.3 is 20.1 Å². The van der Waals surface area contributed by atoms with E-state index in [1.165, 1.54) is 4.90 Å². The number of esters is 1. The quantitative estimate of drug-likeness (QED) is 0.473. The maximum absolute atomic E-state index is 13.2. The van der Waals surface area contributed by atoms with Crippen molar-refractivity contribution in [2.75, 3.05) is 19.6 Å². The third kappa shape index (κ3) is 6.33. The molecule has 3 rings (SSSR count). The van der Waals surface area contributed by atoms with Crippen molar-refractivity contribution in [2.45, 2.75) is 23.9 Å². The Morgan fingerprint density at radius 3 is 2.30 bits per heavy atom. The van der Waals surface area contributed by atoms with E-state index in [0.29, 0.717) is 5.56 Å². The number of nitrogens with two attached hydrogens (primary N) is 1. The van der Waals surface area contributed by atoms with Gasteiger partial charge in [0, 0.05) is 19.6 Å². The van der Waals surface area contributed by atoms with Crippen LogP contribution in [0.4, 0.5) is 13.2 Å². The number of rotatable bonds is 6. The molecule has 1 saturated heterocycles. The number of carbonyl (C=O) groups is 1. The van der Waals surface area contributed by atoms with Gasteiger partial charge in [0.05, 0.1) is 4.90 Å². The second kappa shape index (κ2) is 9.93. The largest absolute Gasteiger partial charge is 0.573 e. The van der Waals surface area contributed by atoms with Crippen LogP contribution >= 0.6 is 12.2 Å². The summed E-state index contributed by atoms with van der Waals surface area (Å²) in [7, 11) is -4.26. The van der Waals surface area contributed by atoms with E-state index in [0.717, 1.165) is 28.6 Å². The molecule has 2 aromatic carbocycles. The standard InChI is InChI=1S/C20H20F3N3O5S2/c21-20(22,23)31-15-6-8-16(9-7-15)33(28,29)26-11-10-25(19(24)32)12-17(26)18(27)30-13-14-4-2-1-3-5-14/h1-9,17H,10-13H2,(H2,24,32)/t17-/m1/s1. The Morgan fingerprint density at radius 1 is 1.09 bits per heavy atom. The van der Waals surface area contributed by atoms with E-state index in [2.05, 4.69) is 4.74 Å². The Kier molecular flexibility index (Phi) is 7.44. The first kappa shape index (κ1) is 24.7. The summed E-state index contributed by atoms with van der Waals surface area (Å²) in [6.07, 6.45) is -4.91. The summed E-state index contributed by atoms with van der Waals surface area (Å²) in [6, 6.07) is 11.3. The summed E-state index contributed by atoms with van der Waals surface area (Å²) in [6.45, 7) is -0.198. The minimum absolute atomic E-state index is 0.00144. The minimum atomic E-state index is -4.91. The molecule has 2 aromatic rings. The molecule has 13 heteroatoms. The Labute approximate surface area is 193 Å². The molecule has 0 aliphatic carbocycles. The number of benzene rings is 2. The van der Waals surface area contributed by atoms with Crippen molar-refractivity contribution in [3.05, 3.63) is 60.2 Å². The van der Waals surface area contributed by atoms with Crippen molar-refractivity contribution in [1.29, 1.82) is 0 Å². The van der Waals surface area contributed by atoms with Gasteiger partial charge in [0.2, 0.25) is 10.0 Å². The Balaban J connectivity index is 1.82. The van der Waals surface area contributed by atoms with E-state index >= 15 is 0 Å². The van der Waals surface area contributed by atoms with Crippen molar-refractivity contribution in [3.63, 3.8) is 0 Å². The van der Waals surface area contributed by atoms with E-state index < -0.39 is 34.1 Å². The van der Waals surface area contributed by atoms with Crippen molar-refractivity contribution < 1.29 is 35.9 Å². The van der Waals surface area contributed by atoms with Gasteiger partial charge >= 0.3 is 12.3 Å². The van der Waals surface area contributed by atoms with Gasteiger partial charge in [0.25, 0.3) is 0 Å². The van der Waals surface area contributed by atoms with Crippen LogP contribution in [0.3, 0.4) is 0 Å². The van der Waals surface area contributed by atoms with Crippen LogP contribution < -0.4 is 10.5 Å². The molecule has 2 N–H and O–H groups in total. The Morgan fingerprint density at radius 2 is 1.73 bits per heavy atom. The summed E-state index contributed by atoms with van der Waals surface area (Å²) in [4.78, 5) is 14.0. The van der Waals surface area contributed by atoms with Crippen LogP contribution in [-0.4, -0.2) is 60.7 Å². The Bertz CT molecular complexity index is 1100. The van der Waals surface area contributed by atoms with Gasteiger partial charge in [-0.1, -0.05) is 30.3 Å². The zero-order valence-corrected chi connectivity index (χ0v) is 18.7. The van der Waals surface area contributed by atoms with E-state index in [1.807, 2.05) is 0 Å². The number of thiocarbonyl (C=S) groups is 1. The highest BCUT2D eigenvalue weighted by Crippen LogP contribution is 2.27. The van der Waals surface area contributed by atoms with E-state index in [-0.39, 0.29) is 36.2 Å². The fourth-order valence-electron chi connectivity index (χ4n) is 3.22. The third-order valence-electron chi connectivity index (χ3n) is 4.80. The number of nitrogens with zero attached hydrogens (tertiary/aromatic N) is 2. The van der Waals surface area contributed by atoms with Gasteiger partial charge in [-0.05, 0) is 42.0 Å². The second-order valence-electron chi connectivity index (χ2n) is 7.03. The van der Waals surface area contributed by atoms with E-state index in [1.54, 1.807) is 30.3 Å². The van der Waals surface area contributed by atoms with E-state index in [9.17, 15) is 26.4 Å². The number of hydrogen-bond donors (Lipinski definition) is 1. The molecule has 0 bridgehead atoms. The second-order valence-corrected chi connectivity index (χ2v) is 9.34. The molecule has 1 fully saturated rings. The molecule has 0 aromatic heterocycles. The van der Waals surface area contributed by atoms with Crippen LogP contribution in [0.25, 0.3) is 0 Å². The van der Waals surface area contributed by atoms with Gasteiger partial charge in [0.15, 0.2) is 5.11 Å². The number of carbonyl (C=O) groups excluding carboxylic acids is 1. The smallest absolute Gasteiger partial charge is 0.460 e. The van der Waals surface area contributed by atoms with Crippen LogP contribution in [-0.2, 0) is 26.2 Å². The van der Waals surface area contributed by atoms with Crippen molar-refractivity contribution >= 4 is 33.3 Å². The zero-order chi connectivity index (χ0) is 24.2. The molecule has 1 atom stereocenters. The molecule has 0 spiro atoms. The zero-order valence-electron chi connectivity index (χ0n) is 17.1. The van der Waals surface area contributed by atoms with Crippen LogP contribution in [0, 0.1) is 0 Å². The molecular formula is C20H20F3N3O5S2. The summed E-state index contributed by atoms with van der Waals surface area (Å²) >= 11 is 4.96. The molecule has 1 aliphatic heterocycles. The number of hydrogen-bond acceptors (Lipinski definition) is 6.